The fourth-order valence-corrected chi connectivity index (χ4v) is 5.19. The predicted octanol–water partition coefficient (Wildman–Crippen LogP) is 5.75. The van der Waals surface area contributed by atoms with E-state index < -0.39 is 0 Å². The van der Waals surface area contributed by atoms with E-state index in [0.29, 0.717) is 5.92 Å². The summed E-state index contributed by atoms with van der Waals surface area (Å²) in [7, 11) is 0. The van der Waals surface area contributed by atoms with E-state index in [1.54, 1.807) is 11.3 Å². The van der Waals surface area contributed by atoms with Gasteiger partial charge in [0.05, 0.1) is 15.2 Å². The summed E-state index contributed by atoms with van der Waals surface area (Å²) in [5.74, 6) is 1.21. The summed E-state index contributed by atoms with van der Waals surface area (Å²) in [5.41, 5.74) is 3.38. The van der Waals surface area contributed by atoms with Crippen LogP contribution in [0.5, 0.6) is 5.75 Å². The Morgan fingerprint density at radius 2 is 1.58 bits per heavy atom. The van der Waals surface area contributed by atoms with Gasteiger partial charge in [-0.15, -0.1) is 11.3 Å². The summed E-state index contributed by atoms with van der Waals surface area (Å²) in [5, 5.41) is 1.20. The van der Waals surface area contributed by atoms with Gasteiger partial charge in [-0.1, -0.05) is 54.6 Å². The number of piperidine rings is 1. The van der Waals surface area contributed by atoms with Crippen LogP contribution >= 0.6 is 11.3 Å². The third-order valence-electron chi connectivity index (χ3n) is 5.83. The molecule has 0 spiro atoms. The van der Waals surface area contributed by atoms with Crippen molar-refractivity contribution in [2.24, 2.45) is 0 Å². The largest absolute Gasteiger partial charge is 0.484 e. The number of carbonyl (C=O) groups excluding carboxylic acids is 1. The van der Waals surface area contributed by atoms with E-state index in [2.05, 4.69) is 30.3 Å². The zero-order chi connectivity index (χ0) is 21.0. The second-order valence-electron chi connectivity index (χ2n) is 7.85. The molecule has 0 radical (unpaired) electrons. The maximum Gasteiger partial charge on any atom is 0.260 e. The standard InChI is InChI=1S/C26H24N2O2S/c29-25(18-30-22-12-10-20(11-13-22)19-6-2-1-3-7-19)28-16-14-21(15-17-28)26-27-23-8-4-5-9-24(23)31-26/h1-13,21H,14-18H2. The van der Waals surface area contributed by atoms with Crippen LogP contribution in [-0.4, -0.2) is 35.5 Å². The number of amides is 1. The molecular formula is C26H24N2O2S. The molecule has 156 valence electrons. The van der Waals surface area contributed by atoms with Crippen LogP contribution in [-0.2, 0) is 4.79 Å². The normalized spacial score (nSPS) is 14.6. The highest BCUT2D eigenvalue weighted by Gasteiger charge is 2.26. The van der Waals surface area contributed by atoms with Crippen LogP contribution in [0.2, 0.25) is 0 Å². The molecular weight excluding hydrogens is 404 g/mol. The van der Waals surface area contributed by atoms with Gasteiger partial charge in [-0.3, -0.25) is 4.79 Å². The number of likely N-dealkylation sites (tertiary alicyclic amines) is 1. The lowest BCUT2D eigenvalue weighted by Crippen LogP contribution is -2.40. The van der Waals surface area contributed by atoms with Gasteiger partial charge in [-0.25, -0.2) is 4.98 Å². The van der Waals surface area contributed by atoms with Gasteiger partial charge < -0.3 is 9.64 Å². The molecule has 4 aromatic rings. The summed E-state index contributed by atoms with van der Waals surface area (Å²) in [6, 6.07) is 26.4. The number of rotatable bonds is 5. The SMILES string of the molecule is O=C(COc1ccc(-c2ccccc2)cc1)N1CCC(c2nc3ccccc3s2)CC1. The van der Waals surface area contributed by atoms with Crippen LogP contribution in [0.15, 0.2) is 78.9 Å². The average molecular weight is 429 g/mol. The minimum absolute atomic E-state index is 0.0508. The molecule has 1 aromatic heterocycles. The third-order valence-corrected chi connectivity index (χ3v) is 7.03. The van der Waals surface area contributed by atoms with Crippen molar-refractivity contribution in [1.82, 2.24) is 9.88 Å². The monoisotopic (exact) mass is 428 g/mol. The molecule has 5 rings (SSSR count). The third kappa shape index (κ3) is 4.47. The van der Waals surface area contributed by atoms with Gasteiger partial charge in [0.15, 0.2) is 6.61 Å². The summed E-state index contributed by atoms with van der Waals surface area (Å²) in [4.78, 5) is 19.4. The fourth-order valence-electron chi connectivity index (χ4n) is 4.05. The smallest absolute Gasteiger partial charge is 0.260 e. The first-order valence-corrected chi connectivity index (χ1v) is 11.5. The van der Waals surface area contributed by atoms with Crippen LogP contribution in [0.4, 0.5) is 0 Å². The van der Waals surface area contributed by atoms with E-state index in [0.717, 1.165) is 42.8 Å². The molecule has 2 heterocycles. The van der Waals surface area contributed by atoms with E-state index in [4.69, 9.17) is 9.72 Å². The van der Waals surface area contributed by atoms with Crippen molar-refractivity contribution in [3.8, 4) is 16.9 Å². The highest BCUT2D eigenvalue weighted by atomic mass is 32.1. The Morgan fingerprint density at radius 1 is 0.903 bits per heavy atom. The number of para-hydroxylation sites is 1. The zero-order valence-corrected chi connectivity index (χ0v) is 18.1. The minimum atomic E-state index is 0.0508. The number of hydrogen-bond donors (Lipinski definition) is 0. The second kappa shape index (κ2) is 8.90. The molecule has 1 amide bonds. The maximum atomic E-state index is 12.6. The Morgan fingerprint density at radius 3 is 2.32 bits per heavy atom. The lowest BCUT2D eigenvalue weighted by atomic mass is 9.97. The minimum Gasteiger partial charge on any atom is -0.484 e. The molecule has 1 saturated heterocycles. The van der Waals surface area contributed by atoms with Crippen molar-refractivity contribution in [3.63, 3.8) is 0 Å². The number of carbonyl (C=O) groups is 1. The highest BCUT2D eigenvalue weighted by molar-refractivity contribution is 7.18. The molecule has 0 atom stereocenters. The molecule has 1 aliphatic heterocycles. The molecule has 0 bridgehead atoms. The number of nitrogens with zero attached hydrogens (tertiary/aromatic N) is 2. The molecule has 0 unspecified atom stereocenters. The molecule has 0 aliphatic carbocycles. The van der Waals surface area contributed by atoms with Crippen LogP contribution in [0.3, 0.4) is 0 Å². The Labute approximate surface area is 186 Å². The molecule has 0 saturated carbocycles. The topological polar surface area (TPSA) is 42.4 Å². The zero-order valence-electron chi connectivity index (χ0n) is 17.2. The molecule has 4 nitrogen and oxygen atoms in total. The first kappa shape index (κ1) is 19.8. The van der Waals surface area contributed by atoms with Crippen molar-refractivity contribution in [1.29, 1.82) is 0 Å². The highest BCUT2D eigenvalue weighted by Crippen LogP contribution is 2.33. The quantitative estimate of drug-likeness (QED) is 0.407. The molecule has 0 N–H and O–H groups in total. The second-order valence-corrected chi connectivity index (χ2v) is 8.92. The average Bonchev–Trinajstić information content (AvgIpc) is 3.28. The van der Waals surface area contributed by atoms with Crippen molar-refractivity contribution in [2.75, 3.05) is 19.7 Å². The Hall–Kier alpha value is -3.18. The summed E-state index contributed by atoms with van der Waals surface area (Å²) < 4.78 is 7.00. The fraction of sp³-hybridized carbons (Fsp3) is 0.231. The maximum absolute atomic E-state index is 12.6. The van der Waals surface area contributed by atoms with E-state index >= 15 is 0 Å². The van der Waals surface area contributed by atoms with Crippen molar-refractivity contribution < 1.29 is 9.53 Å². The number of hydrogen-bond acceptors (Lipinski definition) is 4. The van der Waals surface area contributed by atoms with Gasteiger partial charge in [0.2, 0.25) is 0 Å². The Balaban J connectivity index is 1.13. The molecule has 1 fully saturated rings. The Kier molecular flexibility index (Phi) is 5.67. The number of aromatic nitrogens is 1. The van der Waals surface area contributed by atoms with Gasteiger partial charge in [0.25, 0.3) is 5.91 Å². The van der Waals surface area contributed by atoms with Gasteiger partial charge in [-0.2, -0.15) is 0 Å². The summed E-state index contributed by atoms with van der Waals surface area (Å²) >= 11 is 1.78. The number of ether oxygens (including phenoxy) is 1. The number of fused-ring (bicyclic) bond motifs is 1. The summed E-state index contributed by atoms with van der Waals surface area (Å²) in [6.07, 6.45) is 1.91. The van der Waals surface area contributed by atoms with Gasteiger partial charge in [0, 0.05) is 19.0 Å². The van der Waals surface area contributed by atoms with E-state index in [-0.39, 0.29) is 12.5 Å². The number of benzene rings is 3. The van der Waals surface area contributed by atoms with Gasteiger partial charge >= 0.3 is 0 Å². The predicted molar refractivity (Wildman–Crippen MR) is 126 cm³/mol. The van der Waals surface area contributed by atoms with Crippen LogP contribution in [0.25, 0.3) is 21.3 Å². The van der Waals surface area contributed by atoms with Crippen molar-refractivity contribution in [3.05, 3.63) is 83.9 Å². The molecule has 5 heteroatoms. The van der Waals surface area contributed by atoms with Gasteiger partial charge in [0.1, 0.15) is 5.75 Å². The molecule has 1 aliphatic rings. The van der Waals surface area contributed by atoms with Crippen LogP contribution < -0.4 is 4.74 Å². The van der Waals surface area contributed by atoms with Crippen LogP contribution in [0.1, 0.15) is 23.8 Å². The first-order valence-electron chi connectivity index (χ1n) is 10.7. The van der Waals surface area contributed by atoms with E-state index in [1.165, 1.54) is 15.3 Å². The first-order chi connectivity index (χ1) is 15.3. The molecule has 3 aromatic carbocycles. The van der Waals surface area contributed by atoms with Gasteiger partial charge in [-0.05, 0) is 48.2 Å². The molecule has 31 heavy (non-hydrogen) atoms. The van der Waals surface area contributed by atoms with E-state index in [1.807, 2.05) is 53.4 Å². The van der Waals surface area contributed by atoms with Crippen molar-refractivity contribution >= 4 is 27.5 Å². The van der Waals surface area contributed by atoms with Crippen LogP contribution in [0, 0.1) is 0 Å². The van der Waals surface area contributed by atoms with Crippen molar-refractivity contribution in [2.45, 2.75) is 18.8 Å². The lowest BCUT2D eigenvalue weighted by Gasteiger charge is -2.31. The summed E-state index contributed by atoms with van der Waals surface area (Å²) in [6.45, 7) is 1.60. The lowest BCUT2D eigenvalue weighted by molar-refractivity contribution is -0.134. The number of thiazole rings is 1. The Bertz CT molecular complexity index is 1130. The van der Waals surface area contributed by atoms with E-state index in [9.17, 15) is 4.79 Å².